The molecule has 2 aromatic rings. The quantitative estimate of drug-likeness (QED) is 0.849. The van der Waals surface area contributed by atoms with Crippen molar-refractivity contribution in [1.29, 1.82) is 0 Å². The summed E-state index contributed by atoms with van der Waals surface area (Å²) in [6.07, 6.45) is 1.25. The summed E-state index contributed by atoms with van der Waals surface area (Å²) in [5.41, 5.74) is 2.34. The number of hydrogen-bond donors (Lipinski definition) is 1. The third-order valence-corrected chi connectivity index (χ3v) is 4.36. The first-order valence-electron chi connectivity index (χ1n) is 8.26. The van der Waals surface area contributed by atoms with Crippen molar-refractivity contribution in [3.05, 3.63) is 71.8 Å². The molecule has 0 saturated heterocycles. The van der Waals surface area contributed by atoms with E-state index in [2.05, 4.69) is 24.3 Å². The maximum atomic E-state index is 9.95. The number of ether oxygens (including phenoxy) is 2. The first kappa shape index (κ1) is 16.2. The molecule has 0 radical (unpaired) electrons. The van der Waals surface area contributed by atoms with Gasteiger partial charge in [-0.25, -0.2) is 0 Å². The first-order chi connectivity index (χ1) is 11.3. The Balaban J connectivity index is 1.47. The predicted molar refractivity (Wildman–Crippen MR) is 89.8 cm³/mol. The van der Waals surface area contributed by atoms with Gasteiger partial charge < -0.3 is 14.6 Å². The Morgan fingerprint density at radius 1 is 0.826 bits per heavy atom. The van der Waals surface area contributed by atoms with Crippen molar-refractivity contribution in [3.63, 3.8) is 0 Å². The first-order valence-corrected chi connectivity index (χ1v) is 8.26. The minimum absolute atomic E-state index is 0.0704. The lowest BCUT2D eigenvalue weighted by Gasteiger charge is -2.20. The molecule has 3 nitrogen and oxygen atoms in total. The van der Waals surface area contributed by atoms with Gasteiger partial charge in [-0.15, -0.1) is 0 Å². The molecule has 0 spiro atoms. The van der Waals surface area contributed by atoms with E-state index in [9.17, 15) is 5.11 Å². The molecule has 3 heteroatoms. The number of aliphatic hydroxyl groups is 1. The van der Waals surface area contributed by atoms with Crippen LogP contribution in [0.5, 0.6) is 0 Å². The minimum Gasteiger partial charge on any atom is -0.393 e. The summed E-state index contributed by atoms with van der Waals surface area (Å²) in [7, 11) is 0. The lowest BCUT2D eigenvalue weighted by Crippen LogP contribution is -2.22. The van der Waals surface area contributed by atoms with Crippen molar-refractivity contribution >= 4 is 0 Å². The normalized spacial score (nSPS) is 24.0. The molecule has 1 aliphatic rings. The summed E-state index contributed by atoms with van der Waals surface area (Å²) >= 11 is 0. The smallest absolute Gasteiger partial charge is 0.0720 e. The Labute approximate surface area is 137 Å². The molecule has 0 amide bonds. The highest BCUT2D eigenvalue weighted by Crippen LogP contribution is 2.30. The van der Waals surface area contributed by atoms with Crippen LogP contribution in [-0.2, 0) is 22.7 Å². The molecular weight excluding hydrogens is 288 g/mol. The molecule has 0 bridgehead atoms. The molecule has 3 rings (SSSR count). The molecule has 1 saturated carbocycles. The molecule has 23 heavy (non-hydrogen) atoms. The van der Waals surface area contributed by atoms with E-state index in [0.29, 0.717) is 26.2 Å². The van der Waals surface area contributed by atoms with E-state index in [0.717, 1.165) is 12.0 Å². The summed E-state index contributed by atoms with van der Waals surface area (Å²) < 4.78 is 11.9. The van der Waals surface area contributed by atoms with Gasteiger partial charge in [-0.2, -0.15) is 0 Å². The van der Waals surface area contributed by atoms with Gasteiger partial charge in [0.15, 0.2) is 0 Å². The lowest BCUT2D eigenvalue weighted by atomic mass is 10.1. The van der Waals surface area contributed by atoms with E-state index >= 15 is 0 Å². The summed E-state index contributed by atoms with van der Waals surface area (Å²) in [5.74, 6) is 0.262. The zero-order valence-electron chi connectivity index (χ0n) is 13.3. The number of benzene rings is 2. The highest BCUT2D eigenvalue weighted by atomic mass is 16.5. The second-order valence-corrected chi connectivity index (χ2v) is 6.22. The molecule has 0 aromatic heterocycles. The molecule has 1 N–H and O–H groups in total. The summed E-state index contributed by atoms with van der Waals surface area (Å²) in [4.78, 5) is 0. The maximum Gasteiger partial charge on any atom is 0.0720 e. The fourth-order valence-electron chi connectivity index (χ4n) is 3.12. The highest BCUT2D eigenvalue weighted by molar-refractivity contribution is 5.14. The molecule has 3 atom stereocenters. The molecule has 1 fully saturated rings. The third-order valence-electron chi connectivity index (χ3n) is 4.36. The Morgan fingerprint density at radius 3 is 2.09 bits per heavy atom. The van der Waals surface area contributed by atoms with E-state index in [1.807, 2.05) is 36.4 Å². The molecule has 2 aromatic carbocycles. The van der Waals surface area contributed by atoms with E-state index in [1.165, 1.54) is 5.56 Å². The topological polar surface area (TPSA) is 38.7 Å². The van der Waals surface area contributed by atoms with Gasteiger partial charge in [0, 0.05) is 5.92 Å². The van der Waals surface area contributed by atoms with Gasteiger partial charge in [-0.1, -0.05) is 60.7 Å². The van der Waals surface area contributed by atoms with E-state index in [4.69, 9.17) is 9.47 Å². The van der Waals surface area contributed by atoms with Crippen LogP contribution in [-0.4, -0.2) is 23.9 Å². The lowest BCUT2D eigenvalue weighted by molar-refractivity contribution is -0.0196. The number of hydrogen-bond acceptors (Lipinski definition) is 3. The standard InChI is InChI=1S/C20H24O3/c21-19-11-18(15-22-13-16-7-3-1-4-8-16)20(12-19)23-14-17-9-5-2-6-10-17/h1-10,18-21H,11-15H2/t18-,19+,20+/m1/s1. The maximum absolute atomic E-state index is 9.95. The van der Waals surface area contributed by atoms with Crippen LogP contribution in [0.4, 0.5) is 0 Å². The van der Waals surface area contributed by atoms with Crippen LogP contribution in [0.25, 0.3) is 0 Å². The zero-order chi connectivity index (χ0) is 15.9. The van der Waals surface area contributed by atoms with Crippen LogP contribution < -0.4 is 0 Å². The van der Waals surface area contributed by atoms with E-state index in [-0.39, 0.29) is 18.1 Å². The Morgan fingerprint density at radius 2 is 1.43 bits per heavy atom. The minimum atomic E-state index is -0.277. The second-order valence-electron chi connectivity index (χ2n) is 6.22. The molecule has 0 aliphatic heterocycles. The van der Waals surface area contributed by atoms with Crippen molar-refractivity contribution in [1.82, 2.24) is 0 Å². The molecule has 0 unspecified atom stereocenters. The van der Waals surface area contributed by atoms with Gasteiger partial charge >= 0.3 is 0 Å². The van der Waals surface area contributed by atoms with Gasteiger partial charge in [-0.05, 0) is 24.0 Å². The SMILES string of the molecule is O[C@H]1C[C@H](COCc2ccccc2)[C@@H](OCc2ccccc2)C1. The molecular formula is C20H24O3. The van der Waals surface area contributed by atoms with E-state index in [1.54, 1.807) is 0 Å². The van der Waals surface area contributed by atoms with Crippen molar-refractivity contribution in [2.75, 3.05) is 6.61 Å². The van der Waals surface area contributed by atoms with Gasteiger partial charge in [-0.3, -0.25) is 0 Å². The Kier molecular flexibility index (Phi) is 5.81. The fraction of sp³-hybridized carbons (Fsp3) is 0.400. The van der Waals surface area contributed by atoms with Crippen LogP contribution in [0.1, 0.15) is 24.0 Å². The molecule has 1 aliphatic carbocycles. The Hall–Kier alpha value is -1.68. The van der Waals surface area contributed by atoms with Crippen molar-refractivity contribution in [2.45, 2.75) is 38.3 Å². The largest absolute Gasteiger partial charge is 0.393 e. The van der Waals surface area contributed by atoms with Gasteiger partial charge in [0.1, 0.15) is 0 Å². The van der Waals surface area contributed by atoms with Crippen molar-refractivity contribution in [3.8, 4) is 0 Å². The van der Waals surface area contributed by atoms with Crippen LogP contribution in [0.2, 0.25) is 0 Å². The van der Waals surface area contributed by atoms with Crippen LogP contribution in [0.15, 0.2) is 60.7 Å². The van der Waals surface area contributed by atoms with Crippen LogP contribution in [0, 0.1) is 5.92 Å². The second kappa shape index (κ2) is 8.25. The summed E-state index contributed by atoms with van der Waals surface area (Å²) in [6, 6.07) is 20.3. The molecule has 0 heterocycles. The Bertz CT molecular complexity index is 570. The van der Waals surface area contributed by atoms with Gasteiger partial charge in [0.05, 0.1) is 32.0 Å². The van der Waals surface area contributed by atoms with Crippen LogP contribution in [0.3, 0.4) is 0 Å². The predicted octanol–water partition coefficient (Wildman–Crippen LogP) is 3.56. The summed E-state index contributed by atoms with van der Waals surface area (Å²) in [6.45, 7) is 1.83. The zero-order valence-corrected chi connectivity index (χ0v) is 13.3. The van der Waals surface area contributed by atoms with E-state index < -0.39 is 0 Å². The monoisotopic (exact) mass is 312 g/mol. The average molecular weight is 312 g/mol. The summed E-state index contributed by atoms with van der Waals surface area (Å²) in [5, 5.41) is 9.95. The van der Waals surface area contributed by atoms with Crippen molar-refractivity contribution in [2.24, 2.45) is 5.92 Å². The third kappa shape index (κ3) is 4.90. The van der Waals surface area contributed by atoms with Gasteiger partial charge in [0.25, 0.3) is 0 Å². The number of rotatable bonds is 7. The number of aliphatic hydroxyl groups excluding tert-OH is 1. The van der Waals surface area contributed by atoms with Crippen molar-refractivity contribution < 1.29 is 14.6 Å². The fourth-order valence-corrected chi connectivity index (χ4v) is 3.12. The molecule has 122 valence electrons. The highest BCUT2D eigenvalue weighted by Gasteiger charge is 2.34. The van der Waals surface area contributed by atoms with Crippen LogP contribution >= 0.6 is 0 Å². The van der Waals surface area contributed by atoms with Gasteiger partial charge in [0.2, 0.25) is 0 Å². The average Bonchev–Trinajstić information content (AvgIpc) is 2.95.